The zero-order chi connectivity index (χ0) is 15.0. The quantitative estimate of drug-likeness (QED) is 0.669. The van der Waals surface area contributed by atoms with Gasteiger partial charge in [-0.05, 0) is 42.8 Å². The van der Waals surface area contributed by atoms with Gasteiger partial charge in [0, 0.05) is 17.6 Å². The number of aryl methyl sites for hydroxylation is 2. The molecule has 1 amide bonds. The molecule has 0 radical (unpaired) electrons. The minimum Gasteiger partial charge on any atom is -0.319 e. The second-order valence-corrected chi connectivity index (χ2v) is 6.29. The van der Waals surface area contributed by atoms with E-state index in [2.05, 4.69) is 17.1 Å². The molecule has 21 heavy (non-hydrogen) atoms. The second-order valence-electron chi connectivity index (χ2n) is 4.84. The molecule has 0 saturated heterocycles. The number of carbonyl (C=O) groups excluding carboxylic acids is 1. The van der Waals surface area contributed by atoms with Crippen LogP contribution in [0, 0.1) is 6.92 Å². The highest BCUT2D eigenvalue weighted by Gasteiger charge is 2.07. The van der Waals surface area contributed by atoms with Crippen LogP contribution in [0.5, 0.6) is 0 Å². The van der Waals surface area contributed by atoms with Crippen molar-refractivity contribution in [2.45, 2.75) is 6.92 Å². The minimum absolute atomic E-state index is 0.281. The fourth-order valence-corrected chi connectivity index (χ4v) is 3.43. The van der Waals surface area contributed by atoms with Crippen LogP contribution in [0.25, 0.3) is 10.2 Å². The van der Waals surface area contributed by atoms with Gasteiger partial charge in [-0.15, -0.1) is 0 Å². The number of benzene rings is 2. The van der Waals surface area contributed by atoms with E-state index in [9.17, 15) is 4.79 Å². The molecule has 0 atom stereocenters. The molecule has 3 rings (SSSR count). The Balaban J connectivity index is 2.11. The van der Waals surface area contributed by atoms with E-state index in [0.29, 0.717) is 15.4 Å². The van der Waals surface area contributed by atoms with Crippen LogP contribution < -0.4 is 4.80 Å². The third kappa shape index (κ3) is 2.77. The van der Waals surface area contributed by atoms with Crippen molar-refractivity contribution in [1.82, 2.24) is 4.57 Å². The maximum absolute atomic E-state index is 12.2. The third-order valence-corrected chi connectivity index (χ3v) is 4.56. The van der Waals surface area contributed by atoms with Gasteiger partial charge < -0.3 is 4.57 Å². The number of amides is 1. The maximum atomic E-state index is 12.2. The Hall–Kier alpha value is -1.91. The number of aromatic nitrogens is 1. The van der Waals surface area contributed by atoms with Gasteiger partial charge in [-0.25, -0.2) is 0 Å². The smallest absolute Gasteiger partial charge is 0.279 e. The van der Waals surface area contributed by atoms with Crippen molar-refractivity contribution >= 4 is 39.1 Å². The van der Waals surface area contributed by atoms with Gasteiger partial charge in [-0.1, -0.05) is 35.1 Å². The van der Waals surface area contributed by atoms with Crippen LogP contribution in [0.3, 0.4) is 0 Å². The molecule has 0 fully saturated rings. The van der Waals surface area contributed by atoms with Crippen LogP contribution in [-0.2, 0) is 7.05 Å². The summed E-state index contributed by atoms with van der Waals surface area (Å²) in [7, 11) is 1.91. The molecule has 0 aliphatic carbocycles. The molecule has 1 heterocycles. The van der Waals surface area contributed by atoms with Gasteiger partial charge in [0.2, 0.25) is 0 Å². The number of thiazole rings is 1. The summed E-state index contributed by atoms with van der Waals surface area (Å²) in [5, 5.41) is 0.535. The highest BCUT2D eigenvalue weighted by molar-refractivity contribution is 7.16. The monoisotopic (exact) mass is 316 g/mol. The molecule has 2 aromatic carbocycles. The number of nitrogens with zero attached hydrogens (tertiary/aromatic N) is 2. The molecule has 3 nitrogen and oxygen atoms in total. The summed E-state index contributed by atoms with van der Waals surface area (Å²) in [6, 6.07) is 13.0. The van der Waals surface area contributed by atoms with E-state index < -0.39 is 0 Å². The number of halogens is 1. The summed E-state index contributed by atoms with van der Waals surface area (Å²) in [6.45, 7) is 2.05. The lowest BCUT2D eigenvalue weighted by Crippen LogP contribution is -2.13. The van der Waals surface area contributed by atoms with Crippen LogP contribution in [0.15, 0.2) is 47.5 Å². The van der Waals surface area contributed by atoms with Crippen LogP contribution >= 0.6 is 22.9 Å². The van der Waals surface area contributed by atoms with Crippen LogP contribution in [-0.4, -0.2) is 10.5 Å². The molecule has 0 unspecified atom stereocenters. The lowest BCUT2D eigenvalue weighted by Gasteiger charge is -1.97. The van der Waals surface area contributed by atoms with Crippen LogP contribution in [0.4, 0.5) is 0 Å². The van der Waals surface area contributed by atoms with Crippen molar-refractivity contribution in [1.29, 1.82) is 0 Å². The summed E-state index contributed by atoms with van der Waals surface area (Å²) in [5.41, 5.74) is 2.76. The van der Waals surface area contributed by atoms with E-state index in [-0.39, 0.29) is 5.91 Å². The Morgan fingerprint density at radius 1 is 1.24 bits per heavy atom. The van der Waals surface area contributed by atoms with Crippen molar-refractivity contribution in [3.63, 3.8) is 0 Å². The zero-order valence-corrected chi connectivity index (χ0v) is 13.2. The number of hydrogen-bond donors (Lipinski definition) is 0. The topological polar surface area (TPSA) is 34.4 Å². The minimum atomic E-state index is -0.281. The predicted molar refractivity (Wildman–Crippen MR) is 86.9 cm³/mol. The fraction of sp³-hybridized carbons (Fsp3) is 0.125. The highest BCUT2D eigenvalue weighted by atomic mass is 35.5. The summed E-state index contributed by atoms with van der Waals surface area (Å²) in [6.07, 6.45) is 0. The van der Waals surface area contributed by atoms with Gasteiger partial charge in [0.25, 0.3) is 5.91 Å². The first-order chi connectivity index (χ1) is 10.0. The first-order valence-electron chi connectivity index (χ1n) is 6.45. The average Bonchev–Trinajstić information content (AvgIpc) is 2.74. The summed E-state index contributed by atoms with van der Waals surface area (Å²) >= 11 is 7.42. The Labute approximate surface area is 131 Å². The summed E-state index contributed by atoms with van der Waals surface area (Å²) in [5.74, 6) is -0.281. The van der Waals surface area contributed by atoms with Gasteiger partial charge in [0.05, 0.1) is 10.2 Å². The SMILES string of the molecule is Cc1ccc2c(c1)sc(=NC(=O)c1cccc(Cl)c1)n2C. The van der Waals surface area contributed by atoms with Gasteiger partial charge in [0.15, 0.2) is 4.80 Å². The first kappa shape index (κ1) is 14.0. The van der Waals surface area contributed by atoms with Gasteiger partial charge in [-0.2, -0.15) is 4.99 Å². The Kier molecular flexibility index (Phi) is 3.66. The van der Waals surface area contributed by atoms with E-state index >= 15 is 0 Å². The molecule has 0 spiro atoms. The van der Waals surface area contributed by atoms with E-state index in [1.165, 1.54) is 16.9 Å². The van der Waals surface area contributed by atoms with E-state index in [1.807, 2.05) is 24.6 Å². The molecule has 0 saturated carbocycles. The molecule has 0 N–H and O–H groups in total. The van der Waals surface area contributed by atoms with Crippen molar-refractivity contribution in [3.05, 3.63) is 63.4 Å². The first-order valence-corrected chi connectivity index (χ1v) is 7.65. The van der Waals surface area contributed by atoms with Gasteiger partial charge in [-0.3, -0.25) is 4.79 Å². The lowest BCUT2D eigenvalue weighted by molar-refractivity contribution is 0.0998. The lowest BCUT2D eigenvalue weighted by atomic mass is 10.2. The average molecular weight is 317 g/mol. The Bertz CT molecular complexity index is 908. The summed E-state index contributed by atoms with van der Waals surface area (Å²) in [4.78, 5) is 17.1. The van der Waals surface area contributed by atoms with Crippen LogP contribution in [0.1, 0.15) is 15.9 Å². The largest absolute Gasteiger partial charge is 0.319 e. The zero-order valence-electron chi connectivity index (χ0n) is 11.6. The molecular formula is C16H13ClN2OS. The van der Waals surface area contributed by atoms with E-state index in [4.69, 9.17) is 11.6 Å². The number of carbonyl (C=O) groups is 1. The molecule has 0 aliphatic heterocycles. The van der Waals surface area contributed by atoms with Crippen molar-refractivity contribution < 1.29 is 4.79 Å². The van der Waals surface area contributed by atoms with Crippen molar-refractivity contribution in [2.24, 2.45) is 12.0 Å². The third-order valence-electron chi connectivity index (χ3n) is 3.23. The van der Waals surface area contributed by atoms with Gasteiger partial charge >= 0.3 is 0 Å². The van der Waals surface area contributed by atoms with E-state index in [0.717, 1.165) is 10.2 Å². The predicted octanol–water partition coefficient (Wildman–Crippen LogP) is 3.94. The van der Waals surface area contributed by atoms with Gasteiger partial charge in [0.1, 0.15) is 0 Å². The Morgan fingerprint density at radius 3 is 2.81 bits per heavy atom. The molecule has 0 bridgehead atoms. The molecule has 5 heteroatoms. The van der Waals surface area contributed by atoms with Crippen LogP contribution in [0.2, 0.25) is 5.02 Å². The Morgan fingerprint density at radius 2 is 2.05 bits per heavy atom. The number of hydrogen-bond acceptors (Lipinski definition) is 2. The molecule has 106 valence electrons. The second kappa shape index (κ2) is 5.47. The maximum Gasteiger partial charge on any atom is 0.279 e. The van der Waals surface area contributed by atoms with E-state index in [1.54, 1.807) is 24.3 Å². The normalized spacial score (nSPS) is 12.0. The molecule has 1 aromatic heterocycles. The molecule has 3 aromatic rings. The molecular weight excluding hydrogens is 304 g/mol. The fourth-order valence-electron chi connectivity index (χ4n) is 2.12. The highest BCUT2D eigenvalue weighted by Crippen LogP contribution is 2.18. The number of rotatable bonds is 1. The summed E-state index contributed by atoms with van der Waals surface area (Å²) < 4.78 is 3.05. The number of fused-ring (bicyclic) bond motifs is 1. The van der Waals surface area contributed by atoms with Crippen molar-refractivity contribution in [2.75, 3.05) is 0 Å². The molecule has 0 aliphatic rings. The van der Waals surface area contributed by atoms with Crippen molar-refractivity contribution in [3.8, 4) is 0 Å². The standard InChI is InChI=1S/C16H13ClN2OS/c1-10-6-7-13-14(8-10)21-16(19(13)2)18-15(20)11-4-3-5-12(17)9-11/h3-9H,1-2H3.